The van der Waals surface area contributed by atoms with E-state index in [-0.39, 0.29) is 17.7 Å². The molecule has 2 saturated heterocycles. The predicted molar refractivity (Wildman–Crippen MR) is 128 cm³/mol. The van der Waals surface area contributed by atoms with Crippen molar-refractivity contribution in [2.75, 3.05) is 45.8 Å². The first-order valence-electron chi connectivity index (χ1n) is 11.8. The summed E-state index contributed by atoms with van der Waals surface area (Å²) in [5.74, 6) is 0.361. The molecule has 2 aromatic carbocycles. The highest BCUT2D eigenvalue weighted by Gasteiger charge is 2.31. The summed E-state index contributed by atoms with van der Waals surface area (Å²) in [6.07, 6.45) is 6.08. The number of benzene rings is 2. The maximum absolute atomic E-state index is 13.0. The first kappa shape index (κ1) is 22.3. The summed E-state index contributed by atoms with van der Waals surface area (Å²) in [6, 6.07) is 20.4. The lowest BCUT2D eigenvalue weighted by Gasteiger charge is -2.38. The van der Waals surface area contributed by atoms with Crippen LogP contribution in [0.3, 0.4) is 0 Å². The van der Waals surface area contributed by atoms with E-state index in [2.05, 4.69) is 35.2 Å². The lowest BCUT2D eigenvalue weighted by molar-refractivity contribution is -0.140. The van der Waals surface area contributed by atoms with Crippen molar-refractivity contribution >= 4 is 17.9 Å². The molecule has 0 unspecified atom stereocenters. The standard InChI is InChI=1S/C27H33N3O2/c31-26(12-11-23-7-3-1-4-8-23)29-17-14-25(15-18-29)27(32)30-21-19-28(20-22-30)16-13-24-9-5-2-6-10-24/h1-12,25H,13-22H2/b12-11+. The van der Waals surface area contributed by atoms with E-state index in [0.717, 1.165) is 57.5 Å². The first-order chi connectivity index (χ1) is 15.7. The quantitative estimate of drug-likeness (QED) is 0.659. The topological polar surface area (TPSA) is 43.9 Å². The Kier molecular flexibility index (Phi) is 7.73. The van der Waals surface area contributed by atoms with Crippen molar-refractivity contribution in [3.63, 3.8) is 0 Å². The Hall–Kier alpha value is -2.92. The molecule has 0 saturated carbocycles. The van der Waals surface area contributed by atoms with E-state index in [1.54, 1.807) is 6.08 Å². The molecule has 0 N–H and O–H groups in total. The van der Waals surface area contributed by atoms with Crippen LogP contribution in [0, 0.1) is 5.92 Å². The Morgan fingerprint density at radius 2 is 1.41 bits per heavy atom. The summed E-state index contributed by atoms with van der Waals surface area (Å²) in [5.41, 5.74) is 2.39. The van der Waals surface area contributed by atoms with Crippen molar-refractivity contribution in [1.82, 2.24) is 14.7 Å². The number of carbonyl (C=O) groups is 2. The van der Waals surface area contributed by atoms with Gasteiger partial charge in [0.05, 0.1) is 0 Å². The SMILES string of the molecule is O=C(/C=C/c1ccccc1)N1CCC(C(=O)N2CCN(CCc3ccccc3)CC2)CC1. The Labute approximate surface area is 191 Å². The number of carbonyl (C=O) groups excluding carboxylic acids is 2. The number of nitrogens with zero attached hydrogens (tertiary/aromatic N) is 3. The van der Waals surface area contributed by atoms with Gasteiger partial charge in [0, 0.05) is 57.8 Å². The summed E-state index contributed by atoms with van der Waals surface area (Å²) >= 11 is 0. The van der Waals surface area contributed by atoms with E-state index in [9.17, 15) is 9.59 Å². The monoisotopic (exact) mass is 431 g/mol. The van der Waals surface area contributed by atoms with Gasteiger partial charge in [-0.05, 0) is 36.5 Å². The summed E-state index contributed by atoms with van der Waals surface area (Å²) < 4.78 is 0. The number of hydrogen-bond donors (Lipinski definition) is 0. The van der Waals surface area contributed by atoms with Crippen LogP contribution in [0.4, 0.5) is 0 Å². The summed E-state index contributed by atoms with van der Waals surface area (Å²) in [4.78, 5) is 31.9. The first-order valence-corrected chi connectivity index (χ1v) is 11.8. The molecule has 2 aliphatic rings. The predicted octanol–water partition coefficient (Wildman–Crippen LogP) is 3.33. The molecule has 0 radical (unpaired) electrons. The van der Waals surface area contributed by atoms with Gasteiger partial charge in [-0.15, -0.1) is 0 Å². The number of hydrogen-bond acceptors (Lipinski definition) is 3. The number of rotatable bonds is 6. The molecule has 0 aromatic heterocycles. The van der Waals surface area contributed by atoms with E-state index in [0.29, 0.717) is 13.1 Å². The lowest BCUT2D eigenvalue weighted by Crippen LogP contribution is -2.52. The number of likely N-dealkylation sites (tertiary alicyclic amines) is 1. The molecular weight excluding hydrogens is 398 g/mol. The normalized spacial score (nSPS) is 18.2. The van der Waals surface area contributed by atoms with Crippen molar-refractivity contribution in [2.45, 2.75) is 19.3 Å². The molecule has 2 amide bonds. The molecule has 2 heterocycles. The molecule has 2 aliphatic heterocycles. The van der Waals surface area contributed by atoms with Crippen LogP contribution in [0.2, 0.25) is 0 Å². The Balaban J connectivity index is 1.18. The minimum atomic E-state index is 0.0341. The fourth-order valence-corrected chi connectivity index (χ4v) is 4.57. The third-order valence-electron chi connectivity index (χ3n) is 6.62. The van der Waals surface area contributed by atoms with Crippen LogP contribution in [0.1, 0.15) is 24.0 Å². The molecule has 0 aliphatic carbocycles. The zero-order valence-electron chi connectivity index (χ0n) is 18.7. The smallest absolute Gasteiger partial charge is 0.246 e. The van der Waals surface area contributed by atoms with Crippen molar-refractivity contribution in [1.29, 1.82) is 0 Å². The number of piperazine rings is 1. The van der Waals surface area contributed by atoms with Gasteiger partial charge in [-0.25, -0.2) is 0 Å². The van der Waals surface area contributed by atoms with Crippen LogP contribution in [0.15, 0.2) is 66.7 Å². The zero-order chi connectivity index (χ0) is 22.2. The summed E-state index contributed by atoms with van der Waals surface area (Å²) in [6.45, 7) is 5.87. The summed E-state index contributed by atoms with van der Waals surface area (Å²) in [7, 11) is 0. The van der Waals surface area contributed by atoms with Gasteiger partial charge in [0.2, 0.25) is 11.8 Å². The minimum Gasteiger partial charge on any atom is -0.340 e. The van der Waals surface area contributed by atoms with E-state index in [4.69, 9.17) is 0 Å². The maximum Gasteiger partial charge on any atom is 0.246 e. The van der Waals surface area contributed by atoms with Gasteiger partial charge >= 0.3 is 0 Å². The van der Waals surface area contributed by atoms with Crippen molar-refractivity contribution in [3.8, 4) is 0 Å². The van der Waals surface area contributed by atoms with Gasteiger partial charge in [-0.3, -0.25) is 14.5 Å². The second kappa shape index (κ2) is 11.1. The van der Waals surface area contributed by atoms with Gasteiger partial charge in [-0.1, -0.05) is 60.7 Å². The third kappa shape index (κ3) is 6.07. The number of amides is 2. The molecule has 2 fully saturated rings. The average molecular weight is 432 g/mol. The van der Waals surface area contributed by atoms with Crippen molar-refractivity contribution < 1.29 is 9.59 Å². The molecule has 5 nitrogen and oxygen atoms in total. The zero-order valence-corrected chi connectivity index (χ0v) is 18.7. The van der Waals surface area contributed by atoms with Gasteiger partial charge in [0.1, 0.15) is 0 Å². The molecule has 0 atom stereocenters. The Morgan fingerprint density at radius 3 is 2.06 bits per heavy atom. The van der Waals surface area contributed by atoms with E-state index < -0.39 is 0 Å². The molecule has 32 heavy (non-hydrogen) atoms. The minimum absolute atomic E-state index is 0.0341. The average Bonchev–Trinajstić information content (AvgIpc) is 2.87. The second-order valence-electron chi connectivity index (χ2n) is 8.75. The van der Waals surface area contributed by atoms with Gasteiger partial charge < -0.3 is 9.80 Å². The van der Waals surface area contributed by atoms with Crippen molar-refractivity contribution in [2.24, 2.45) is 5.92 Å². The highest BCUT2D eigenvalue weighted by Crippen LogP contribution is 2.21. The molecule has 4 rings (SSSR count). The van der Waals surface area contributed by atoms with Crippen LogP contribution in [0.5, 0.6) is 0 Å². The summed E-state index contributed by atoms with van der Waals surface area (Å²) in [5, 5.41) is 0. The van der Waals surface area contributed by atoms with Crippen LogP contribution in [0.25, 0.3) is 6.08 Å². The fraction of sp³-hybridized carbons (Fsp3) is 0.407. The Morgan fingerprint density at radius 1 is 0.781 bits per heavy atom. The lowest BCUT2D eigenvalue weighted by atomic mass is 9.95. The molecule has 2 aromatic rings. The molecule has 168 valence electrons. The highest BCUT2D eigenvalue weighted by molar-refractivity contribution is 5.92. The van der Waals surface area contributed by atoms with Crippen molar-refractivity contribution in [3.05, 3.63) is 77.9 Å². The molecule has 5 heteroatoms. The van der Waals surface area contributed by atoms with Crippen LogP contribution in [-0.4, -0.2) is 72.3 Å². The second-order valence-corrected chi connectivity index (χ2v) is 8.75. The highest BCUT2D eigenvalue weighted by atomic mass is 16.2. The van der Waals surface area contributed by atoms with Crippen LogP contribution < -0.4 is 0 Å². The number of piperidine rings is 1. The van der Waals surface area contributed by atoms with E-state index in [1.807, 2.05) is 46.2 Å². The maximum atomic E-state index is 13.0. The Bertz CT molecular complexity index is 897. The van der Waals surface area contributed by atoms with Crippen LogP contribution in [-0.2, 0) is 16.0 Å². The molecule has 0 bridgehead atoms. The molecule has 0 spiro atoms. The van der Waals surface area contributed by atoms with E-state index in [1.165, 1.54) is 5.56 Å². The van der Waals surface area contributed by atoms with E-state index >= 15 is 0 Å². The van der Waals surface area contributed by atoms with Gasteiger partial charge in [-0.2, -0.15) is 0 Å². The van der Waals surface area contributed by atoms with Gasteiger partial charge in [0.15, 0.2) is 0 Å². The largest absolute Gasteiger partial charge is 0.340 e. The van der Waals surface area contributed by atoms with Gasteiger partial charge in [0.25, 0.3) is 0 Å². The third-order valence-corrected chi connectivity index (χ3v) is 6.62. The van der Waals surface area contributed by atoms with Crippen LogP contribution >= 0.6 is 0 Å². The fourth-order valence-electron chi connectivity index (χ4n) is 4.57. The molecular formula is C27H33N3O2.